The summed E-state index contributed by atoms with van der Waals surface area (Å²) in [5.74, 6) is -0.00636. The molecule has 0 spiro atoms. The summed E-state index contributed by atoms with van der Waals surface area (Å²) in [4.78, 5) is 16.3. The fourth-order valence-electron chi connectivity index (χ4n) is 2.50. The highest BCUT2D eigenvalue weighted by atomic mass is 32.2. The molecule has 0 saturated carbocycles. The summed E-state index contributed by atoms with van der Waals surface area (Å²) in [7, 11) is -3.43. The van der Waals surface area contributed by atoms with Gasteiger partial charge in [-0.05, 0) is 24.1 Å². The molecule has 2 rings (SSSR count). The van der Waals surface area contributed by atoms with Crippen LogP contribution in [0.25, 0.3) is 0 Å². The molecule has 0 atom stereocenters. The Kier molecular flexibility index (Phi) is 5.55. The number of benzene rings is 1. The van der Waals surface area contributed by atoms with E-state index in [4.69, 9.17) is 5.14 Å². The Morgan fingerprint density at radius 3 is 2.23 bits per heavy atom. The van der Waals surface area contributed by atoms with Gasteiger partial charge in [-0.15, -0.1) is 0 Å². The van der Waals surface area contributed by atoms with E-state index in [1.54, 1.807) is 0 Å². The zero-order valence-electron chi connectivity index (χ0n) is 12.9. The second-order valence-corrected chi connectivity index (χ2v) is 7.29. The third-order valence-electron chi connectivity index (χ3n) is 3.96. The third-order valence-corrected chi connectivity index (χ3v) is 4.71. The average Bonchev–Trinajstić information content (AvgIpc) is 2.52. The van der Waals surface area contributed by atoms with Crippen molar-refractivity contribution in [2.45, 2.75) is 13.3 Å². The first kappa shape index (κ1) is 16.9. The van der Waals surface area contributed by atoms with E-state index in [1.165, 1.54) is 5.56 Å². The van der Waals surface area contributed by atoms with Crippen molar-refractivity contribution < 1.29 is 13.2 Å². The Labute approximate surface area is 131 Å². The molecule has 1 aliphatic rings. The molecule has 122 valence electrons. The first-order valence-electron chi connectivity index (χ1n) is 7.50. The molecule has 1 fully saturated rings. The van der Waals surface area contributed by atoms with E-state index in [-0.39, 0.29) is 11.7 Å². The summed E-state index contributed by atoms with van der Waals surface area (Å²) < 4.78 is 21.9. The second kappa shape index (κ2) is 7.21. The van der Waals surface area contributed by atoms with Crippen molar-refractivity contribution in [1.29, 1.82) is 0 Å². The van der Waals surface area contributed by atoms with Gasteiger partial charge in [0.25, 0.3) is 5.91 Å². The van der Waals surface area contributed by atoms with Crippen molar-refractivity contribution in [3.8, 4) is 0 Å². The number of sulfonamides is 1. The summed E-state index contributed by atoms with van der Waals surface area (Å²) in [5, 5.41) is 5.01. The highest BCUT2D eigenvalue weighted by molar-refractivity contribution is 7.89. The molecule has 1 saturated heterocycles. The van der Waals surface area contributed by atoms with Crippen molar-refractivity contribution in [3.63, 3.8) is 0 Å². The normalized spacial score (nSPS) is 16.7. The summed E-state index contributed by atoms with van der Waals surface area (Å²) >= 11 is 0. The standard InChI is InChI=1S/C15H23N3O3S/c1-2-13-3-5-14(6-4-13)15(19)18-9-7-17(8-10-18)11-12-22(16,20)21/h3-6H,2,7-12H2,1H3,(H2,16,20,21). The van der Waals surface area contributed by atoms with Crippen LogP contribution in [0.15, 0.2) is 24.3 Å². The van der Waals surface area contributed by atoms with Gasteiger partial charge in [-0.3, -0.25) is 9.69 Å². The predicted octanol–water partition coefficient (Wildman–Crippen LogP) is 0.295. The van der Waals surface area contributed by atoms with Crippen LogP contribution in [0.2, 0.25) is 0 Å². The Hall–Kier alpha value is -1.44. The summed E-state index contributed by atoms with van der Waals surface area (Å²) in [6.07, 6.45) is 0.956. The van der Waals surface area contributed by atoms with Crippen LogP contribution in [0.5, 0.6) is 0 Å². The maximum absolute atomic E-state index is 12.4. The predicted molar refractivity (Wildman–Crippen MR) is 86.1 cm³/mol. The highest BCUT2D eigenvalue weighted by Crippen LogP contribution is 2.11. The van der Waals surface area contributed by atoms with Gasteiger partial charge in [0, 0.05) is 38.3 Å². The lowest BCUT2D eigenvalue weighted by Crippen LogP contribution is -2.49. The van der Waals surface area contributed by atoms with Gasteiger partial charge in [0.2, 0.25) is 10.0 Å². The van der Waals surface area contributed by atoms with Crippen LogP contribution in [0.1, 0.15) is 22.8 Å². The Morgan fingerprint density at radius 1 is 1.14 bits per heavy atom. The Balaban J connectivity index is 1.86. The van der Waals surface area contributed by atoms with Crippen molar-refractivity contribution >= 4 is 15.9 Å². The number of carbonyl (C=O) groups excluding carboxylic acids is 1. The number of hydrogen-bond donors (Lipinski definition) is 1. The van der Waals surface area contributed by atoms with Crippen molar-refractivity contribution in [3.05, 3.63) is 35.4 Å². The number of piperazine rings is 1. The number of carbonyl (C=O) groups is 1. The minimum atomic E-state index is -3.43. The quantitative estimate of drug-likeness (QED) is 0.844. The summed E-state index contributed by atoms with van der Waals surface area (Å²) in [6, 6.07) is 7.70. The van der Waals surface area contributed by atoms with E-state index < -0.39 is 10.0 Å². The van der Waals surface area contributed by atoms with Gasteiger partial charge < -0.3 is 4.90 Å². The van der Waals surface area contributed by atoms with Gasteiger partial charge >= 0.3 is 0 Å². The van der Waals surface area contributed by atoms with Crippen molar-refractivity contribution in [2.75, 3.05) is 38.5 Å². The monoisotopic (exact) mass is 325 g/mol. The number of nitrogens with zero attached hydrogens (tertiary/aromatic N) is 2. The third kappa shape index (κ3) is 4.79. The molecule has 1 aliphatic heterocycles. The average molecular weight is 325 g/mol. The van der Waals surface area contributed by atoms with Gasteiger partial charge in [0.15, 0.2) is 0 Å². The van der Waals surface area contributed by atoms with E-state index in [9.17, 15) is 13.2 Å². The zero-order chi connectivity index (χ0) is 16.2. The van der Waals surface area contributed by atoms with Gasteiger partial charge in [-0.25, -0.2) is 13.6 Å². The molecule has 1 amide bonds. The molecular weight excluding hydrogens is 302 g/mol. The van der Waals surface area contributed by atoms with E-state index in [0.29, 0.717) is 38.3 Å². The molecule has 1 aromatic rings. The number of aryl methyl sites for hydroxylation is 1. The molecule has 0 unspecified atom stereocenters. The number of nitrogens with two attached hydrogens (primary N) is 1. The van der Waals surface area contributed by atoms with E-state index in [0.717, 1.165) is 6.42 Å². The second-order valence-electron chi connectivity index (χ2n) is 5.55. The number of rotatable bonds is 5. The molecule has 1 aromatic carbocycles. The Bertz CT molecular complexity index is 605. The smallest absolute Gasteiger partial charge is 0.253 e. The van der Waals surface area contributed by atoms with E-state index in [1.807, 2.05) is 34.1 Å². The first-order valence-corrected chi connectivity index (χ1v) is 9.21. The number of primary sulfonamides is 1. The molecule has 7 heteroatoms. The van der Waals surface area contributed by atoms with Crippen molar-refractivity contribution in [2.24, 2.45) is 5.14 Å². The van der Waals surface area contributed by atoms with Crippen LogP contribution in [-0.2, 0) is 16.4 Å². The molecule has 2 N–H and O–H groups in total. The molecule has 0 bridgehead atoms. The fourth-order valence-corrected chi connectivity index (χ4v) is 3.01. The molecule has 0 radical (unpaired) electrons. The maximum Gasteiger partial charge on any atom is 0.253 e. The van der Waals surface area contributed by atoms with Crippen LogP contribution in [0.3, 0.4) is 0 Å². The molecular formula is C15H23N3O3S. The molecule has 1 heterocycles. The van der Waals surface area contributed by atoms with Crippen LogP contribution >= 0.6 is 0 Å². The Morgan fingerprint density at radius 2 is 1.73 bits per heavy atom. The van der Waals surface area contributed by atoms with Gasteiger partial charge in [0.05, 0.1) is 5.75 Å². The van der Waals surface area contributed by atoms with Crippen molar-refractivity contribution in [1.82, 2.24) is 9.80 Å². The van der Waals surface area contributed by atoms with E-state index in [2.05, 4.69) is 6.92 Å². The topological polar surface area (TPSA) is 83.7 Å². The maximum atomic E-state index is 12.4. The minimum absolute atomic E-state index is 0.0359. The molecule has 0 aromatic heterocycles. The number of hydrogen-bond acceptors (Lipinski definition) is 4. The summed E-state index contributed by atoms with van der Waals surface area (Å²) in [6.45, 7) is 5.07. The molecule has 0 aliphatic carbocycles. The minimum Gasteiger partial charge on any atom is -0.336 e. The van der Waals surface area contributed by atoms with Crippen LogP contribution in [0.4, 0.5) is 0 Å². The van der Waals surface area contributed by atoms with Crippen LogP contribution in [0, 0.1) is 0 Å². The fraction of sp³-hybridized carbons (Fsp3) is 0.533. The number of amides is 1. The van der Waals surface area contributed by atoms with Crippen LogP contribution < -0.4 is 5.14 Å². The van der Waals surface area contributed by atoms with E-state index >= 15 is 0 Å². The highest BCUT2D eigenvalue weighted by Gasteiger charge is 2.22. The lowest BCUT2D eigenvalue weighted by Gasteiger charge is -2.34. The van der Waals surface area contributed by atoms with Gasteiger partial charge in [-0.1, -0.05) is 19.1 Å². The lowest BCUT2D eigenvalue weighted by atomic mass is 10.1. The van der Waals surface area contributed by atoms with Crippen LogP contribution in [-0.4, -0.2) is 62.6 Å². The van der Waals surface area contributed by atoms with Gasteiger partial charge in [-0.2, -0.15) is 0 Å². The SMILES string of the molecule is CCc1ccc(C(=O)N2CCN(CCS(N)(=O)=O)CC2)cc1. The molecule has 22 heavy (non-hydrogen) atoms. The van der Waals surface area contributed by atoms with Gasteiger partial charge in [0.1, 0.15) is 0 Å². The zero-order valence-corrected chi connectivity index (χ0v) is 13.7. The summed E-state index contributed by atoms with van der Waals surface area (Å²) in [5.41, 5.74) is 1.92. The first-order chi connectivity index (χ1) is 10.4. The largest absolute Gasteiger partial charge is 0.336 e. The molecule has 6 nitrogen and oxygen atoms in total. The lowest BCUT2D eigenvalue weighted by molar-refractivity contribution is 0.0644.